The van der Waals surface area contributed by atoms with Gasteiger partial charge >= 0.3 is 5.76 Å². The maximum atomic E-state index is 12.9. The standard InChI is InChI=1S/C19H26F2N6O3S/c1-12(2)30-17-10-14-15(11-23-17)24-25-18(14)13-3-4-22-16(9-13)26-5-7-27(8-6-26)31(28,29)19(20)21/h3-4,10-12,16,19,28-29H,5-9H2,1-2H3,(H,24,25). The number of rotatable bonds is 6. The number of aromatic nitrogens is 3. The van der Waals surface area contributed by atoms with Gasteiger partial charge in [0.2, 0.25) is 5.88 Å². The average Bonchev–Trinajstić information content (AvgIpc) is 3.16. The molecule has 170 valence electrons. The van der Waals surface area contributed by atoms with E-state index in [1.165, 1.54) is 0 Å². The predicted molar refractivity (Wildman–Crippen MR) is 117 cm³/mol. The lowest BCUT2D eigenvalue weighted by atomic mass is 10.0. The maximum absolute atomic E-state index is 12.9. The highest BCUT2D eigenvalue weighted by Gasteiger charge is 2.36. The molecule has 1 atom stereocenters. The minimum absolute atomic E-state index is 0.00728. The smallest absolute Gasteiger partial charge is 0.339 e. The summed E-state index contributed by atoms with van der Waals surface area (Å²) in [6.07, 6.45) is 5.78. The van der Waals surface area contributed by atoms with Crippen molar-refractivity contribution in [2.24, 2.45) is 4.99 Å². The molecule has 0 aromatic carbocycles. The molecule has 2 aromatic rings. The Kier molecular flexibility index (Phi) is 6.26. The molecule has 0 radical (unpaired) electrons. The molecule has 2 aromatic heterocycles. The molecule has 12 heteroatoms. The van der Waals surface area contributed by atoms with Gasteiger partial charge in [0.25, 0.3) is 0 Å². The van der Waals surface area contributed by atoms with Crippen molar-refractivity contribution in [3.63, 3.8) is 0 Å². The zero-order chi connectivity index (χ0) is 22.2. The van der Waals surface area contributed by atoms with Gasteiger partial charge in [-0.3, -0.25) is 24.1 Å². The van der Waals surface area contributed by atoms with Crippen molar-refractivity contribution in [2.75, 3.05) is 26.2 Å². The van der Waals surface area contributed by atoms with Crippen LogP contribution in [0.25, 0.3) is 16.5 Å². The molecule has 0 aliphatic carbocycles. The number of pyridine rings is 1. The SMILES string of the molecule is CC(C)Oc1cc2c(C3=CC=NC(N4CCN(S(O)(O)C(F)F)CC4)C3)n[nH]c2cn1. The zero-order valence-corrected chi connectivity index (χ0v) is 18.1. The quantitative estimate of drug-likeness (QED) is 0.611. The number of nitrogens with one attached hydrogen (secondary N) is 1. The van der Waals surface area contributed by atoms with Gasteiger partial charge in [-0.05, 0) is 25.5 Å². The van der Waals surface area contributed by atoms with Crippen LogP contribution >= 0.6 is 10.8 Å². The summed E-state index contributed by atoms with van der Waals surface area (Å²) < 4.78 is 52.0. The van der Waals surface area contributed by atoms with E-state index >= 15 is 0 Å². The van der Waals surface area contributed by atoms with Crippen LogP contribution in [0.15, 0.2) is 23.3 Å². The number of ether oxygens (including phenoxy) is 1. The van der Waals surface area contributed by atoms with E-state index in [4.69, 9.17) is 4.74 Å². The number of H-pyrrole nitrogens is 1. The Bertz CT molecular complexity index is 988. The summed E-state index contributed by atoms with van der Waals surface area (Å²) in [5.74, 6) is -2.64. The Morgan fingerprint density at radius 1 is 1.23 bits per heavy atom. The molecule has 0 bridgehead atoms. The van der Waals surface area contributed by atoms with Crippen molar-refractivity contribution in [2.45, 2.75) is 38.3 Å². The van der Waals surface area contributed by atoms with Crippen LogP contribution in [-0.4, -0.2) is 83.9 Å². The van der Waals surface area contributed by atoms with Crippen LogP contribution in [0.1, 0.15) is 26.0 Å². The first-order valence-electron chi connectivity index (χ1n) is 10.0. The Balaban J connectivity index is 1.46. The van der Waals surface area contributed by atoms with Crippen LogP contribution in [0, 0.1) is 0 Å². The summed E-state index contributed by atoms with van der Waals surface area (Å²) in [7, 11) is -4.05. The third-order valence-corrected chi connectivity index (χ3v) is 6.94. The molecule has 1 unspecified atom stereocenters. The summed E-state index contributed by atoms with van der Waals surface area (Å²) in [6.45, 7) is 4.99. The topological polar surface area (TPSA) is 110 Å². The van der Waals surface area contributed by atoms with Gasteiger partial charge in [0.15, 0.2) is 0 Å². The van der Waals surface area contributed by atoms with E-state index in [1.54, 1.807) is 12.4 Å². The van der Waals surface area contributed by atoms with Crippen LogP contribution in [0.2, 0.25) is 0 Å². The lowest BCUT2D eigenvalue weighted by Gasteiger charge is -2.46. The van der Waals surface area contributed by atoms with Crippen molar-refractivity contribution >= 4 is 33.5 Å². The van der Waals surface area contributed by atoms with Gasteiger partial charge in [0, 0.05) is 50.3 Å². The molecule has 31 heavy (non-hydrogen) atoms. The third kappa shape index (κ3) is 4.58. The lowest BCUT2D eigenvalue weighted by Crippen LogP contribution is -2.51. The van der Waals surface area contributed by atoms with Gasteiger partial charge in [0.1, 0.15) is 6.17 Å². The van der Waals surface area contributed by atoms with E-state index < -0.39 is 16.5 Å². The largest absolute Gasteiger partial charge is 0.475 e. The van der Waals surface area contributed by atoms with Crippen LogP contribution < -0.4 is 4.74 Å². The number of piperazine rings is 1. The Hall–Kier alpha value is -2.12. The minimum Gasteiger partial charge on any atom is -0.475 e. The molecule has 1 saturated heterocycles. The fraction of sp³-hybridized carbons (Fsp3) is 0.526. The third-order valence-electron chi connectivity index (χ3n) is 5.33. The number of allylic oxidation sites excluding steroid dienone is 1. The van der Waals surface area contributed by atoms with Crippen molar-refractivity contribution < 1.29 is 22.6 Å². The fourth-order valence-electron chi connectivity index (χ4n) is 3.78. The fourth-order valence-corrected chi connectivity index (χ4v) is 4.71. The number of alkyl halides is 2. The first-order valence-corrected chi connectivity index (χ1v) is 11.6. The second-order valence-corrected chi connectivity index (χ2v) is 9.76. The van der Waals surface area contributed by atoms with Crippen molar-refractivity contribution in [3.05, 3.63) is 24.0 Å². The molecule has 0 spiro atoms. The second-order valence-electron chi connectivity index (χ2n) is 7.77. The monoisotopic (exact) mass is 456 g/mol. The highest BCUT2D eigenvalue weighted by molar-refractivity contribution is 8.22. The molecule has 2 aliphatic heterocycles. The summed E-state index contributed by atoms with van der Waals surface area (Å²) in [5.41, 5.74) is 2.59. The number of aromatic amines is 1. The summed E-state index contributed by atoms with van der Waals surface area (Å²) in [6, 6.07) is 1.86. The first kappa shape index (κ1) is 22.1. The predicted octanol–water partition coefficient (Wildman–Crippen LogP) is 3.43. The molecule has 2 aliphatic rings. The van der Waals surface area contributed by atoms with E-state index in [0.717, 1.165) is 26.5 Å². The summed E-state index contributed by atoms with van der Waals surface area (Å²) in [4.78, 5) is 10.9. The molecule has 1 fully saturated rings. The van der Waals surface area contributed by atoms with Crippen LogP contribution in [0.5, 0.6) is 5.88 Å². The zero-order valence-electron chi connectivity index (χ0n) is 17.3. The molecule has 3 N–H and O–H groups in total. The van der Waals surface area contributed by atoms with E-state index in [9.17, 15) is 17.9 Å². The number of halogens is 2. The Morgan fingerprint density at radius 2 is 1.97 bits per heavy atom. The maximum Gasteiger partial charge on any atom is 0.339 e. The molecule has 0 amide bonds. The number of dihydropyridines is 1. The van der Waals surface area contributed by atoms with Gasteiger partial charge in [-0.15, -0.1) is 0 Å². The first-order chi connectivity index (χ1) is 14.8. The highest BCUT2D eigenvalue weighted by Crippen LogP contribution is 2.49. The summed E-state index contributed by atoms with van der Waals surface area (Å²) >= 11 is 0. The van der Waals surface area contributed by atoms with Gasteiger partial charge in [-0.25, -0.2) is 4.98 Å². The van der Waals surface area contributed by atoms with Crippen LogP contribution in [0.4, 0.5) is 8.78 Å². The number of hydrogen-bond acceptors (Lipinski definition) is 8. The van der Waals surface area contributed by atoms with Crippen LogP contribution in [0.3, 0.4) is 0 Å². The molecular formula is C19H26F2N6O3S. The number of hydrogen-bond donors (Lipinski definition) is 3. The molecule has 0 saturated carbocycles. The van der Waals surface area contributed by atoms with Crippen LogP contribution in [-0.2, 0) is 0 Å². The van der Waals surface area contributed by atoms with Gasteiger partial charge in [-0.2, -0.15) is 18.2 Å². The van der Waals surface area contributed by atoms with E-state index in [2.05, 4.69) is 25.1 Å². The Labute approximate surface area is 180 Å². The summed E-state index contributed by atoms with van der Waals surface area (Å²) in [5, 5.41) is 8.36. The number of nitrogens with zero attached hydrogens (tertiary/aromatic N) is 5. The van der Waals surface area contributed by atoms with Crippen molar-refractivity contribution in [1.82, 2.24) is 24.4 Å². The van der Waals surface area contributed by atoms with E-state index in [1.807, 2.05) is 26.0 Å². The minimum atomic E-state index is -4.05. The van der Waals surface area contributed by atoms with E-state index in [-0.39, 0.29) is 25.4 Å². The van der Waals surface area contributed by atoms with E-state index in [0.29, 0.717) is 25.4 Å². The Morgan fingerprint density at radius 3 is 2.65 bits per heavy atom. The van der Waals surface area contributed by atoms with Crippen molar-refractivity contribution in [1.29, 1.82) is 0 Å². The average molecular weight is 457 g/mol. The number of fused-ring (bicyclic) bond motifs is 1. The second kappa shape index (κ2) is 8.79. The molecule has 4 heterocycles. The molecule has 9 nitrogen and oxygen atoms in total. The molecular weight excluding hydrogens is 430 g/mol. The van der Waals surface area contributed by atoms with Gasteiger partial charge in [-0.1, -0.05) is 10.8 Å². The highest BCUT2D eigenvalue weighted by atomic mass is 32.3. The van der Waals surface area contributed by atoms with Crippen molar-refractivity contribution in [3.8, 4) is 5.88 Å². The molecule has 4 rings (SSSR count). The lowest BCUT2D eigenvalue weighted by molar-refractivity contribution is 0.122. The van der Waals surface area contributed by atoms with Gasteiger partial charge in [0.05, 0.1) is 23.5 Å². The number of aliphatic imine (C=N–C) groups is 1. The van der Waals surface area contributed by atoms with Gasteiger partial charge < -0.3 is 4.74 Å². The normalized spacial score (nSPS) is 21.8.